The van der Waals surface area contributed by atoms with Crippen LogP contribution in [0.15, 0.2) is 43.1 Å². The predicted molar refractivity (Wildman–Crippen MR) is 89.4 cm³/mol. The Morgan fingerprint density at radius 2 is 1.83 bits per heavy atom. The van der Waals surface area contributed by atoms with Crippen LogP contribution in [0.25, 0.3) is 0 Å². The molecule has 1 N–H and O–H groups in total. The first kappa shape index (κ1) is 14.7. The molecular formula is C13H12Br3NS. The minimum atomic E-state index is 0.246. The minimum absolute atomic E-state index is 0.246. The van der Waals surface area contributed by atoms with E-state index in [1.54, 1.807) is 11.3 Å². The molecule has 0 amide bonds. The summed E-state index contributed by atoms with van der Waals surface area (Å²) in [5.41, 5.74) is 1.28. The van der Waals surface area contributed by atoms with Gasteiger partial charge in [-0.2, -0.15) is 0 Å². The Bertz CT molecular complexity index is 502. The predicted octanol–water partition coefficient (Wildman–Crippen LogP) is 5.73. The van der Waals surface area contributed by atoms with Gasteiger partial charge in [-0.15, -0.1) is 11.3 Å². The molecule has 0 saturated heterocycles. The van der Waals surface area contributed by atoms with Crippen LogP contribution in [0, 0.1) is 0 Å². The lowest BCUT2D eigenvalue weighted by molar-refractivity contribution is 0.639. The smallest absolute Gasteiger partial charge is 0.0843 e. The van der Waals surface area contributed by atoms with Crippen molar-refractivity contribution in [3.05, 3.63) is 53.5 Å². The van der Waals surface area contributed by atoms with Crippen LogP contribution in [0.3, 0.4) is 0 Å². The molecule has 96 valence electrons. The van der Waals surface area contributed by atoms with Crippen LogP contribution in [-0.2, 0) is 0 Å². The van der Waals surface area contributed by atoms with Gasteiger partial charge in [0.25, 0.3) is 0 Å². The first-order valence-corrected chi connectivity index (χ1v) is 8.75. The lowest BCUT2D eigenvalue weighted by Crippen LogP contribution is -2.20. The molecule has 0 aliphatic carbocycles. The second kappa shape index (κ2) is 6.66. The Balaban J connectivity index is 2.36. The number of nitrogens with one attached hydrogen (secondary N) is 1. The SMILES string of the molecule is CCNC(c1ccc(Br)cc1)c1cc(Br)c(Br)s1. The van der Waals surface area contributed by atoms with Gasteiger partial charge in [0.05, 0.1) is 9.83 Å². The Morgan fingerprint density at radius 3 is 2.33 bits per heavy atom. The second-order valence-electron chi connectivity index (χ2n) is 3.81. The van der Waals surface area contributed by atoms with Crippen LogP contribution in [0.2, 0.25) is 0 Å². The van der Waals surface area contributed by atoms with Crippen LogP contribution >= 0.6 is 59.1 Å². The molecule has 0 aliphatic rings. The molecule has 0 spiro atoms. The van der Waals surface area contributed by atoms with Gasteiger partial charge in [-0.05, 0) is 62.2 Å². The maximum absolute atomic E-state index is 3.56. The fourth-order valence-corrected chi connectivity index (χ4v) is 4.21. The summed E-state index contributed by atoms with van der Waals surface area (Å²) in [5.74, 6) is 0. The summed E-state index contributed by atoms with van der Waals surface area (Å²) in [6.45, 7) is 3.07. The van der Waals surface area contributed by atoms with E-state index in [9.17, 15) is 0 Å². The van der Waals surface area contributed by atoms with Gasteiger partial charge in [0, 0.05) is 13.8 Å². The highest BCUT2D eigenvalue weighted by Crippen LogP contribution is 2.37. The molecule has 1 aromatic heterocycles. The fraction of sp³-hybridized carbons (Fsp3) is 0.231. The molecule has 1 aromatic carbocycles. The van der Waals surface area contributed by atoms with Gasteiger partial charge in [-0.3, -0.25) is 0 Å². The molecule has 0 radical (unpaired) electrons. The number of benzene rings is 1. The monoisotopic (exact) mass is 451 g/mol. The van der Waals surface area contributed by atoms with Crippen molar-refractivity contribution >= 4 is 59.1 Å². The van der Waals surface area contributed by atoms with Gasteiger partial charge >= 0.3 is 0 Å². The van der Waals surface area contributed by atoms with Gasteiger partial charge in [0.1, 0.15) is 0 Å². The number of hydrogen-bond donors (Lipinski definition) is 1. The minimum Gasteiger partial charge on any atom is -0.306 e. The Morgan fingerprint density at radius 1 is 1.17 bits per heavy atom. The Hall–Kier alpha value is 0.320. The Kier molecular flexibility index (Phi) is 5.45. The first-order valence-electron chi connectivity index (χ1n) is 5.55. The van der Waals surface area contributed by atoms with Crippen molar-refractivity contribution < 1.29 is 0 Å². The van der Waals surface area contributed by atoms with Crippen LogP contribution in [-0.4, -0.2) is 6.54 Å². The zero-order valence-corrected chi connectivity index (χ0v) is 15.3. The Labute approximate surface area is 136 Å². The molecule has 0 fully saturated rings. The third-order valence-corrected chi connectivity index (χ3v) is 6.41. The molecule has 1 heterocycles. The van der Waals surface area contributed by atoms with Crippen LogP contribution in [0.5, 0.6) is 0 Å². The van der Waals surface area contributed by atoms with Crippen LogP contribution in [0.4, 0.5) is 0 Å². The summed E-state index contributed by atoms with van der Waals surface area (Å²) in [6.07, 6.45) is 0. The summed E-state index contributed by atoms with van der Waals surface area (Å²) in [5, 5.41) is 3.53. The summed E-state index contributed by atoms with van der Waals surface area (Å²) in [4.78, 5) is 1.30. The van der Waals surface area contributed by atoms with Crippen molar-refractivity contribution in [3.8, 4) is 0 Å². The molecule has 0 saturated carbocycles. The van der Waals surface area contributed by atoms with E-state index in [4.69, 9.17) is 0 Å². The van der Waals surface area contributed by atoms with Crippen molar-refractivity contribution in [1.82, 2.24) is 5.32 Å². The normalized spacial score (nSPS) is 12.7. The summed E-state index contributed by atoms with van der Waals surface area (Å²) < 4.78 is 3.36. The number of thiophene rings is 1. The highest BCUT2D eigenvalue weighted by atomic mass is 79.9. The molecule has 0 aliphatic heterocycles. The lowest BCUT2D eigenvalue weighted by Gasteiger charge is -2.16. The summed E-state index contributed by atoms with van der Waals surface area (Å²) in [6, 6.07) is 10.9. The number of hydrogen-bond acceptors (Lipinski definition) is 2. The van der Waals surface area contributed by atoms with Gasteiger partial charge in [0.15, 0.2) is 0 Å². The topological polar surface area (TPSA) is 12.0 Å². The van der Waals surface area contributed by atoms with Crippen molar-refractivity contribution in [1.29, 1.82) is 0 Å². The highest BCUT2D eigenvalue weighted by molar-refractivity contribution is 9.13. The number of halogens is 3. The van der Waals surface area contributed by atoms with Gasteiger partial charge < -0.3 is 5.32 Å². The van der Waals surface area contributed by atoms with E-state index in [1.807, 2.05) is 0 Å². The molecule has 2 aromatic rings. The molecule has 1 unspecified atom stereocenters. The quantitative estimate of drug-likeness (QED) is 0.622. The van der Waals surface area contributed by atoms with E-state index in [1.165, 1.54) is 10.4 Å². The highest BCUT2D eigenvalue weighted by Gasteiger charge is 2.16. The molecular weight excluding hydrogens is 442 g/mol. The van der Waals surface area contributed by atoms with E-state index in [2.05, 4.69) is 90.4 Å². The van der Waals surface area contributed by atoms with Crippen molar-refractivity contribution in [2.45, 2.75) is 13.0 Å². The third-order valence-electron chi connectivity index (χ3n) is 2.56. The van der Waals surface area contributed by atoms with Crippen molar-refractivity contribution in [2.24, 2.45) is 0 Å². The molecule has 18 heavy (non-hydrogen) atoms. The zero-order valence-electron chi connectivity index (χ0n) is 9.71. The summed E-state index contributed by atoms with van der Waals surface area (Å²) in [7, 11) is 0. The van der Waals surface area contributed by atoms with Crippen LogP contribution in [0.1, 0.15) is 23.4 Å². The third kappa shape index (κ3) is 3.45. The molecule has 0 bridgehead atoms. The van der Waals surface area contributed by atoms with Gasteiger partial charge in [-0.25, -0.2) is 0 Å². The summed E-state index contributed by atoms with van der Waals surface area (Å²) >= 11 is 12.3. The molecule has 1 nitrogen and oxygen atoms in total. The van der Waals surface area contributed by atoms with E-state index in [0.29, 0.717) is 0 Å². The van der Waals surface area contributed by atoms with Crippen LogP contribution < -0.4 is 5.32 Å². The molecule has 2 rings (SSSR count). The van der Waals surface area contributed by atoms with E-state index in [-0.39, 0.29) is 6.04 Å². The van der Waals surface area contributed by atoms with E-state index in [0.717, 1.165) is 19.3 Å². The number of rotatable bonds is 4. The average molecular weight is 454 g/mol. The zero-order chi connectivity index (χ0) is 13.1. The maximum Gasteiger partial charge on any atom is 0.0843 e. The van der Waals surface area contributed by atoms with Crippen molar-refractivity contribution in [3.63, 3.8) is 0 Å². The van der Waals surface area contributed by atoms with Gasteiger partial charge in [-0.1, -0.05) is 35.0 Å². The standard InChI is InChI=1S/C13H12Br3NS/c1-2-17-12(8-3-5-9(14)6-4-8)11-7-10(15)13(16)18-11/h3-7,12,17H,2H2,1H3. The average Bonchev–Trinajstić information content (AvgIpc) is 2.68. The first-order chi connectivity index (χ1) is 8.61. The fourth-order valence-electron chi connectivity index (χ4n) is 1.75. The van der Waals surface area contributed by atoms with Crippen molar-refractivity contribution in [2.75, 3.05) is 6.54 Å². The van der Waals surface area contributed by atoms with E-state index < -0.39 is 0 Å². The second-order valence-corrected chi connectivity index (χ2v) is 7.98. The van der Waals surface area contributed by atoms with Gasteiger partial charge in [0.2, 0.25) is 0 Å². The molecule has 5 heteroatoms. The van der Waals surface area contributed by atoms with E-state index >= 15 is 0 Å². The largest absolute Gasteiger partial charge is 0.306 e. The molecule has 1 atom stereocenters. The maximum atomic E-state index is 3.56. The lowest BCUT2D eigenvalue weighted by atomic mass is 10.1.